The first-order valence-electron chi connectivity index (χ1n) is 8.49. The van der Waals surface area contributed by atoms with E-state index in [1.165, 1.54) is 31.7 Å². The zero-order valence-electron chi connectivity index (χ0n) is 14.7. The molecule has 1 unspecified atom stereocenters. The van der Waals surface area contributed by atoms with Crippen LogP contribution < -0.4 is 25.8 Å². The predicted octanol–water partition coefficient (Wildman–Crippen LogP) is 1.68. The standard InChI is InChI=1S/C18H26N4O3/c1-3-4-5-8-20-10-13-6-7-15(16(9-13)24-2)25-17-12-21-14(11-22-17)18(19)23/h6-7,9,11-12,14,20-21H,3-5,8,10H2,1-2H3,(H2,19,23). The van der Waals surface area contributed by atoms with Crippen molar-refractivity contribution in [2.75, 3.05) is 13.7 Å². The summed E-state index contributed by atoms with van der Waals surface area (Å²) >= 11 is 0. The Hall–Kier alpha value is -2.54. The number of nitrogens with zero attached hydrogens (tertiary/aromatic N) is 1. The minimum absolute atomic E-state index is 0.334. The largest absolute Gasteiger partial charge is 0.493 e. The average Bonchev–Trinajstić information content (AvgIpc) is 2.63. The van der Waals surface area contributed by atoms with Gasteiger partial charge in [-0.1, -0.05) is 25.8 Å². The maximum atomic E-state index is 11.1. The number of unbranched alkanes of at least 4 members (excludes halogenated alkanes) is 2. The molecule has 0 saturated carbocycles. The molecule has 136 valence electrons. The number of nitrogens with two attached hydrogens (primary N) is 1. The summed E-state index contributed by atoms with van der Waals surface area (Å²) < 4.78 is 11.1. The Morgan fingerprint density at radius 2 is 2.20 bits per heavy atom. The fourth-order valence-corrected chi connectivity index (χ4v) is 2.35. The molecule has 0 spiro atoms. The number of carbonyl (C=O) groups excluding carboxylic acids is 1. The Morgan fingerprint density at radius 1 is 1.36 bits per heavy atom. The molecule has 2 rings (SSSR count). The highest BCUT2D eigenvalue weighted by molar-refractivity contribution is 5.97. The Morgan fingerprint density at radius 3 is 2.84 bits per heavy atom. The third kappa shape index (κ3) is 5.79. The molecule has 1 aliphatic heterocycles. The summed E-state index contributed by atoms with van der Waals surface area (Å²) in [4.78, 5) is 15.2. The van der Waals surface area contributed by atoms with E-state index in [1.807, 2.05) is 18.2 Å². The molecule has 0 aromatic heterocycles. The van der Waals surface area contributed by atoms with Gasteiger partial charge in [0.05, 0.1) is 13.3 Å². The zero-order chi connectivity index (χ0) is 18.1. The van der Waals surface area contributed by atoms with E-state index in [0.29, 0.717) is 17.4 Å². The molecule has 0 bridgehead atoms. The van der Waals surface area contributed by atoms with E-state index in [-0.39, 0.29) is 0 Å². The van der Waals surface area contributed by atoms with Gasteiger partial charge < -0.3 is 25.8 Å². The van der Waals surface area contributed by atoms with Gasteiger partial charge in [0.2, 0.25) is 11.8 Å². The van der Waals surface area contributed by atoms with Crippen molar-refractivity contribution in [1.82, 2.24) is 10.6 Å². The normalized spacial score (nSPS) is 16.1. The van der Waals surface area contributed by atoms with Gasteiger partial charge in [0.25, 0.3) is 0 Å². The van der Waals surface area contributed by atoms with Crippen LogP contribution in [0.5, 0.6) is 11.5 Å². The first-order valence-corrected chi connectivity index (χ1v) is 8.49. The second-order valence-electron chi connectivity index (χ2n) is 5.78. The number of aliphatic imine (C=N–C) groups is 1. The number of nitrogens with one attached hydrogen (secondary N) is 2. The SMILES string of the molecule is CCCCCNCc1ccc(OC2=CNC(C(N)=O)C=N2)c(OC)c1. The van der Waals surface area contributed by atoms with Crippen molar-refractivity contribution in [2.45, 2.75) is 38.8 Å². The van der Waals surface area contributed by atoms with Crippen molar-refractivity contribution >= 4 is 12.1 Å². The highest BCUT2D eigenvalue weighted by Crippen LogP contribution is 2.30. The molecule has 1 atom stereocenters. The van der Waals surface area contributed by atoms with Gasteiger partial charge in [-0.25, -0.2) is 4.99 Å². The molecular formula is C18H26N4O3. The maximum absolute atomic E-state index is 11.1. The molecule has 7 heteroatoms. The number of rotatable bonds is 10. The number of hydrogen-bond acceptors (Lipinski definition) is 6. The van der Waals surface area contributed by atoms with Crippen molar-refractivity contribution < 1.29 is 14.3 Å². The second kappa shape index (κ2) is 9.68. The molecule has 4 N–H and O–H groups in total. The van der Waals surface area contributed by atoms with E-state index < -0.39 is 11.9 Å². The number of primary amides is 1. The lowest BCUT2D eigenvalue weighted by Gasteiger charge is -2.16. The zero-order valence-corrected chi connectivity index (χ0v) is 14.7. The van der Waals surface area contributed by atoms with Crippen molar-refractivity contribution in [3.05, 3.63) is 35.8 Å². The molecule has 1 aliphatic rings. The van der Waals surface area contributed by atoms with E-state index in [2.05, 4.69) is 22.5 Å². The second-order valence-corrected chi connectivity index (χ2v) is 5.78. The summed E-state index contributed by atoms with van der Waals surface area (Å²) in [6, 6.07) is 5.15. The number of hydrogen-bond donors (Lipinski definition) is 3. The molecule has 1 aromatic carbocycles. The summed E-state index contributed by atoms with van der Waals surface area (Å²) in [6.07, 6.45) is 6.56. The Kier molecular flexibility index (Phi) is 7.28. The fourth-order valence-electron chi connectivity index (χ4n) is 2.35. The van der Waals surface area contributed by atoms with Crippen LogP contribution in [-0.4, -0.2) is 31.8 Å². The van der Waals surface area contributed by atoms with E-state index in [4.69, 9.17) is 15.2 Å². The molecule has 7 nitrogen and oxygen atoms in total. The topological polar surface area (TPSA) is 98.0 Å². The number of ether oxygens (including phenoxy) is 2. The first kappa shape index (κ1) is 18.8. The predicted molar refractivity (Wildman–Crippen MR) is 97.5 cm³/mol. The maximum Gasteiger partial charge on any atom is 0.245 e. The van der Waals surface area contributed by atoms with Crippen molar-refractivity contribution in [3.8, 4) is 11.5 Å². The van der Waals surface area contributed by atoms with Gasteiger partial charge in [0, 0.05) is 12.8 Å². The summed E-state index contributed by atoms with van der Waals surface area (Å²) in [6.45, 7) is 3.98. The summed E-state index contributed by atoms with van der Waals surface area (Å²) in [7, 11) is 1.60. The van der Waals surface area contributed by atoms with Crippen LogP contribution in [0.3, 0.4) is 0 Å². The van der Waals surface area contributed by atoms with Crippen LogP contribution in [0.4, 0.5) is 0 Å². The van der Waals surface area contributed by atoms with Crippen LogP contribution in [0, 0.1) is 0 Å². The van der Waals surface area contributed by atoms with E-state index in [9.17, 15) is 4.79 Å². The van der Waals surface area contributed by atoms with Crippen molar-refractivity contribution in [1.29, 1.82) is 0 Å². The molecule has 25 heavy (non-hydrogen) atoms. The molecule has 1 amide bonds. The first-order chi connectivity index (χ1) is 12.1. The fraction of sp³-hybridized carbons (Fsp3) is 0.444. The Labute approximate surface area is 148 Å². The van der Waals surface area contributed by atoms with Gasteiger partial charge in [-0.05, 0) is 30.7 Å². The van der Waals surface area contributed by atoms with Gasteiger partial charge in [-0.15, -0.1) is 0 Å². The molecule has 0 aliphatic carbocycles. The molecular weight excluding hydrogens is 320 g/mol. The number of benzene rings is 1. The quantitative estimate of drug-likeness (QED) is 0.560. The van der Waals surface area contributed by atoms with Crippen LogP contribution in [0.25, 0.3) is 0 Å². The van der Waals surface area contributed by atoms with E-state index >= 15 is 0 Å². The monoisotopic (exact) mass is 346 g/mol. The number of methoxy groups -OCH3 is 1. The molecule has 0 radical (unpaired) electrons. The van der Waals surface area contributed by atoms with Crippen LogP contribution in [0.1, 0.15) is 31.7 Å². The van der Waals surface area contributed by atoms with Crippen LogP contribution >= 0.6 is 0 Å². The van der Waals surface area contributed by atoms with E-state index in [0.717, 1.165) is 18.7 Å². The highest BCUT2D eigenvalue weighted by Gasteiger charge is 2.16. The summed E-state index contributed by atoms with van der Waals surface area (Å²) in [5, 5.41) is 6.24. The Bertz CT molecular complexity index is 643. The number of carbonyl (C=O) groups is 1. The molecule has 0 saturated heterocycles. The van der Waals surface area contributed by atoms with Crippen LogP contribution in [0.2, 0.25) is 0 Å². The molecule has 1 heterocycles. The smallest absolute Gasteiger partial charge is 0.245 e. The lowest BCUT2D eigenvalue weighted by molar-refractivity contribution is -0.118. The lowest BCUT2D eigenvalue weighted by Crippen LogP contribution is -2.41. The molecule has 1 aromatic rings. The van der Waals surface area contributed by atoms with Gasteiger partial charge in [0.15, 0.2) is 11.5 Å². The summed E-state index contributed by atoms with van der Waals surface area (Å²) in [5.74, 6) is 1.02. The van der Waals surface area contributed by atoms with E-state index in [1.54, 1.807) is 7.11 Å². The third-order valence-electron chi connectivity index (χ3n) is 3.77. The van der Waals surface area contributed by atoms with Crippen molar-refractivity contribution in [2.24, 2.45) is 10.7 Å². The van der Waals surface area contributed by atoms with Crippen LogP contribution in [-0.2, 0) is 11.3 Å². The lowest BCUT2D eigenvalue weighted by atomic mass is 10.2. The third-order valence-corrected chi connectivity index (χ3v) is 3.77. The van der Waals surface area contributed by atoms with Gasteiger partial charge in [-0.3, -0.25) is 4.79 Å². The van der Waals surface area contributed by atoms with Gasteiger partial charge in [0.1, 0.15) is 6.04 Å². The van der Waals surface area contributed by atoms with Gasteiger partial charge in [-0.2, -0.15) is 0 Å². The highest BCUT2D eigenvalue weighted by atomic mass is 16.5. The average molecular weight is 346 g/mol. The Balaban J connectivity index is 1.93. The van der Waals surface area contributed by atoms with Gasteiger partial charge >= 0.3 is 0 Å². The number of amides is 1. The van der Waals surface area contributed by atoms with Crippen molar-refractivity contribution in [3.63, 3.8) is 0 Å². The van der Waals surface area contributed by atoms with Crippen LogP contribution in [0.15, 0.2) is 35.3 Å². The summed E-state index contributed by atoms with van der Waals surface area (Å²) in [5.41, 5.74) is 6.32. The minimum Gasteiger partial charge on any atom is -0.493 e. The minimum atomic E-state index is -0.615. The molecule has 0 fully saturated rings.